The minimum atomic E-state index is 0.140. The van der Waals surface area contributed by atoms with E-state index in [0.717, 1.165) is 72.1 Å². The molecule has 0 saturated carbocycles. The van der Waals surface area contributed by atoms with Gasteiger partial charge in [0.2, 0.25) is 0 Å². The van der Waals surface area contributed by atoms with E-state index >= 15 is 0 Å². The van der Waals surface area contributed by atoms with Gasteiger partial charge in [-0.3, -0.25) is 4.98 Å². The number of aryl methyl sites for hydroxylation is 1. The smallest absolute Gasteiger partial charge is 0.320 e. The Bertz CT molecular complexity index is 1110. The summed E-state index contributed by atoms with van der Waals surface area (Å²) in [6.45, 7) is 6.72. The van der Waals surface area contributed by atoms with E-state index in [2.05, 4.69) is 33.0 Å². The Labute approximate surface area is 181 Å². The quantitative estimate of drug-likeness (QED) is 0.693. The van der Waals surface area contributed by atoms with Crippen LogP contribution >= 0.6 is 0 Å². The lowest BCUT2D eigenvalue weighted by molar-refractivity contribution is 0.125. The van der Waals surface area contributed by atoms with E-state index in [4.69, 9.17) is 4.98 Å². The highest BCUT2D eigenvalue weighted by atomic mass is 16.2. The molecule has 4 heterocycles. The second-order valence-corrected chi connectivity index (χ2v) is 8.29. The summed E-state index contributed by atoms with van der Waals surface area (Å²) in [5.74, 6) is 0.733. The zero-order chi connectivity index (χ0) is 21.4. The maximum absolute atomic E-state index is 12.8. The molecule has 1 fully saturated rings. The van der Waals surface area contributed by atoms with E-state index in [1.165, 1.54) is 0 Å². The van der Waals surface area contributed by atoms with Crippen molar-refractivity contribution in [2.75, 3.05) is 46.3 Å². The first-order chi connectivity index (χ1) is 15.1. The van der Waals surface area contributed by atoms with Crippen LogP contribution in [0.1, 0.15) is 17.8 Å². The minimum Gasteiger partial charge on any atom is -0.337 e. The predicted molar refractivity (Wildman–Crippen MR) is 120 cm³/mol. The monoisotopic (exact) mass is 417 g/mol. The van der Waals surface area contributed by atoms with E-state index in [9.17, 15) is 4.79 Å². The van der Waals surface area contributed by atoms with Crippen LogP contribution in [0, 0.1) is 6.92 Å². The van der Waals surface area contributed by atoms with Gasteiger partial charge in [0.1, 0.15) is 5.69 Å². The van der Waals surface area contributed by atoms with Crippen molar-refractivity contribution in [3.05, 3.63) is 47.9 Å². The third kappa shape index (κ3) is 3.90. The summed E-state index contributed by atoms with van der Waals surface area (Å²) in [5, 5.41) is 0. The largest absolute Gasteiger partial charge is 0.337 e. The number of benzene rings is 1. The first kappa shape index (κ1) is 19.7. The van der Waals surface area contributed by atoms with Crippen LogP contribution in [0.15, 0.2) is 36.5 Å². The molecule has 2 aliphatic rings. The molecule has 0 spiro atoms. The number of urea groups is 1. The lowest BCUT2D eigenvalue weighted by atomic mass is 10.0. The van der Waals surface area contributed by atoms with Gasteiger partial charge in [0, 0.05) is 39.3 Å². The Morgan fingerprint density at radius 2 is 1.84 bits per heavy atom. The molecule has 0 radical (unpaired) electrons. The van der Waals surface area contributed by atoms with Gasteiger partial charge in [-0.1, -0.05) is 18.2 Å². The predicted octanol–water partition coefficient (Wildman–Crippen LogP) is 2.78. The van der Waals surface area contributed by atoms with E-state index in [1.54, 1.807) is 0 Å². The number of rotatable bonds is 2. The van der Waals surface area contributed by atoms with Crippen molar-refractivity contribution in [3.63, 3.8) is 0 Å². The summed E-state index contributed by atoms with van der Waals surface area (Å²) >= 11 is 0. The molecule has 1 N–H and O–H groups in total. The molecule has 5 rings (SSSR count). The number of carbonyl (C=O) groups is 1. The summed E-state index contributed by atoms with van der Waals surface area (Å²) in [6, 6.07) is 8.10. The normalized spacial score (nSPS) is 17.8. The fourth-order valence-corrected chi connectivity index (χ4v) is 4.17. The second kappa shape index (κ2) is 8.11. The molecule has 2 aromatic heterocycles. The average molecular weight is 418 g/mol. The molecule has 0 aliphatic carbocycles. The highest BCUT2D eigenvalue weighted by Crippen LogP contribution is 2.26. The van der Waals surface area contributed by atoms with Gasteiger partial charge in [0.05, 0.1) is 28.6 Å². The van der Waals surface area contributed by atoms with Crippen molar-refractivity contribution >= 4 is 22.6 Å². The third-order valence-corrected chi connectivity index (χ3v) is 6.15. The first-order valence-corrected chi connectivity index (χ1v) is 10.8. The van der Waals surface area contributed by atoms with E-state index in [-0.39, 0.29) is 6.03 Å². The van der Waals surface area contributed by atoms with E-state index in [1.807, 2.05) is 47.2 Å². The number of amides is 2. The molecule has 8 heteroatoms. The molecule has 8 nitrogen and oxygen atoms in total. The van der Waals surface area contributed by atoms with Crippen molar-refractivity contribution < 1.29 is 4.79 Å². The van der Waals surface area contributed by atoms with Crippen LogP contribution in [0.4, 0.5) is 4.79 Å². The number of aromatic amines is 1. The molecule has 1 saturated heterocycles. The molecule has 0 bridgehead atoms. The molecular weight excluding hydrogens is 390 g/mol. The number of para-hydroxylation sites is 2. The Kier molecular flexibility index (Phi) is 5.15. The summed E-state index contributed by atoms with van der Waals surface area (Å²) < 4.78 is 0. The summed E-state index contributed by atoms with van der Waals surface area (Å²) in [5.41, 5.74) is 5.50. The van der Waals surface area contributed by atoms with Crippen LogP contribution in [-0.4, -0.2) is 87.0 Å². The van der Waals surface area contributed by atoms with E-state index < -0.39 is 0 Å². The molecule has 0 atom stereocenters. The van der Waals surface area contributed by atoms with Crippen LogP contribution in [0.3, 0.4) is 0 Å². The number of imidazole rings is 1. The maximum atomic E-state index is 12.8. The fraction of sp³-hybridized carbons (Fsp3) is 0.391. The number of hydrogen-bond acceptors (Lipinski definition) is 5. The van der Waals surface area contributed by atoms with Crippen LogP contribution in [0.5, 0.6) is 0 Å². The Balaban J connectivity index is 1.34. The number of hydrogen-bond donors (Lipinski definition) is 1. The van der Waals surface area contributed by atoms with E-state index in [0.29, 0.717) is 13.1 Å². The lowest BCUT2D eigenvalue weighted by Gasteiger charge is -2.37. The average Bonchev–Trinajstić information content (AvgIpc) is 3.24. The molecule has 31 heavy (non-hydrogen) atoms. The van der Waals surface area contributed by atoms with Gasteiger partial charge in [-0.25, -0.2) is 14.8 Å². The number of aromatic nitrogens is 4. The van der Waals surface area contributed by atoms with Crippen molar-refractivity contribution in [2.24, 2.45) is 0 Å². The number of likely N-dealkylation sites (N-methyl/N-ethyl adjacent to an activating group) is 1. The number of carbonyl (C=O) groups excluding carboxylic acids is 1. The summed E-state index contributed by atoms with van der Waals surface area (Å²) in [6.07, 6.45) is 4.71. The topological polar surface area (TPSA) is 81.2 Å². The third-order valence-electron chi connectivity index (χ3n) is 6.15. The van der Waals surface area contributed by atoms with Crippen molar-refractivity contribution in [1.82, 2.24) is 34.6 Å². The van der Waals surface area contributed by atoms with Gasteiger partial charge in [0.15, 0.2) is 5.82 Å². The van der Waals surface area contributed by atoms with Gasteiger partial charge in [-0.05, 0) is 38.1 Å². The van der Waals surface area contributed by atoms with Crippen molar-refractivity contribution in [1.29, 1.82) is 0 Å². The number of fused-ring (bicyclic) bond motifs is 1. The van der Waals surface area contributed by atoms with Crippen LogP contribution < -0.4 is 0 Å². The van der Waals surface area contributed by atoms with Crippen LogP contribution in [0.2, 0.25) is 0 Å². The zero-order valence-corrected chi connectivity index (χ0v) is 18.0. The Morgan fingerprint density at radius 3 is 2.58 bits per heavy atom. The fourth-order valence-electron chi connectivity index (χ4n) is 4.17. The Morgan fingerprint density at radius 1 is 1.03 bits per heavy atom. The number of piperazine rings is 1. The molecule has 2 aliphatic heterocycles. The highest BCUT2D eigenvalue weighted by Gasteiger charge is 2.26. The molecule has 0 unspecified atom stereocenters. The molecular formula is C23H27N7O. The maximum Gasteiger partial charge on any atom is 0.320 e. The second-order valence-electron chi connectivity index (χ2n) is 8.29. The first-order valence-electron chi connectivity index (χ1n) is 10.8. The standard InChI is InChI=1S/C23H27N7O/c1-16-21(22-26-18-5-3-4-6-19(18)27-22)25-20(15-24-16)17-7-9-29(10-8-17)23(31)30-13-11-28(2)12-14-30/h3-7,15H,8-14H2,1-2H3,(H,26,27). The summed E-state index contributed by atoms with van der Waals surface area (Å²) in [7, 11) is 2.10. The van der Waals surface area contributed by atoms with Crippen molar-refractivity contribution in [2.45, 2.75) is 13.3 Å². The lowest BCUT2D eigenvalue weighted by Crippen LogP contribution is -2.52. The number of nitrogens with one attached hydrogen (secondary N) is 1. The van der Waals surface area contributed by atoms with Gasteiger partial charge in [-0.2, -0.15) is 0 Å². The zero-order valence-electron chi connectivity index (χ0n) is 18.0. The number of H-pyrrole nitrogens is 1. The highest BCUT2D eigenvalue weighted by molar-refractivity contribution is 5.79. The van der Waals surface area contributed by atoms with Gasteiger partial charge in [-0.15, -0.1) is 0 Å². The van der Waals surface area contributed by atoms with Crippen molar-refractivity contribution in [3.8, 4) is 11.5 Å². The SMILES string of the molecule is Cc1ncc(C2=CCN(C(=O)N3CCN(C)CC3)CC2)nc1-c1nc2ccccc2[nH]1. The minimum absolute atomic E-state index is 0.140. The molecule has 160 valence electrons. The Hall–Kier alpha value is -3.26. The van der Waals surface area contributed by atoms with Gasteiger partial charge in [0.25, 0.3) is 0 Å². The summed E-state index contributed by atoms with van der Waals surface area (Å²) in [4.78, 5) is 36.5. The van der Waals surface area contributed by atoms with Crippen LogP contribution in [0.25, 0.3) is 28.1 Å². The molecule has 2 amide bonds. The van der Waals surface area contributed by atoms with Gasteiger partial charge >= 0.3 is 6.03 Å². The van der Waals surface area contributed by atoms with Gasteiger partial charge < -0.3 is 19.7 Å². The van der Waals surface area contributed by atoms with Crippen LogP contribution in [-0.2, 0) is 0 Å². The number of nitrogens with zero attached hydrogens (tertiary/aromatic N) is 6. The molecule has 3 aromatic rings. The molecule has 1 aromatic carbocycles.